The van der Waals surface area contributed by atoms with Crippen LogP contribution in [-0.4, -0.2) is 59.9 Å². The molecule has 7 nitrogen and oxygen atoms in total. The number of amides is 2. The van der Waals surface area contributed by atoms with Gasteiger partial charge in [0.1, 0.15) is 11.6 Å². The SMILES string of the molecule is CN(C)C(=O)c1ccc(C2CCN(C(=O)C3Cc4cc(Cl)ccc4O3)CC2)nc1N. The number of aromatic nitrogens is 1. The minimum absolute atomic E-state index is 0.0140. The van der Waals surface area contributed by atoms with Crippen molar-refractivity contribution in [3.05, 3.63) is 52.2 Å². The van der Waals surface area contributed by atoms with Crippen molar-refractivity contribution in [3.63, 3.8) is 0 Å². The molecule has 0 aliphatic carbocycles. The highest BCUT2D eigenvalue weighted by Gasteiger charge is 2.34. The highest BCUT2D eigenvalue weighted by atomic mass is 35.5. The van der Waals surface area contributed by atoms with E-state index in [4.69, 9.17) is 22.1 Å². The molecule has 2 N–H and O–H groups in total. The fraction of sp³-hybridized carbons (Fsp3) is 0.409. The molecule has 2 amide bonds. The number of ether oxygens (including phenoxy) is 1. The predicted molar refractivity (Wildman–Crippen MR) is 115 cm³/mol. The number of carbonyl (C=O) groups is 2. The van der Waals surface area contributed by atoms with Crippen molar-refractivity contribution in [2.24, 2.45) is 0 Å². The lowest BCUT2D eigenvalue weighted by Gasteiger charge is -2.33. The molecule has 1 saturated heterocycles. The summed E-state index contributed by atoms with van der Waals surface area (Å²) in [5, 5.41) is 0.649. The Kier molecular flexibility index (Phi) is 5.56. The van der Waals surface area contributed by atoms with Crippen LogP contribution in [0.3, 0.4) is 0 Å². The average molecular weight is 429 g/mol. The second-order valence-corrected chi connectivity index (χ2v) is 8.47. The molecule has 8 heteroatoms. The summed E-state index contributed by atoms with van der Waals surface area (Å²) >= 11 is 6.04. The molecule has 4 rings (SSSR count). The van der Waals surface area contributed by atoms with Crippen LogP contribution in [0.4, 0.5) is 5.82 Å². The topological polar surface area (TPSA) is 88.8 Å². The van der Waals surface area contributed by atoms with Gasteiger partial charge in [0.25, 0.3) is 11.8 Å². The summed E-state index contributed by atoms with van der Waals surface area (Å²) in [6.07, 6.45) is 1.66. The Morgan fingerprint density at radius 2 is 1.93 bits per heavy atom. The van der Waals surface area contributed by atoms with Gasteiger partial charge >= 0.3 is 0 Å². The number of pyridine rings is 1. The van der Waals surface area contributed by atoms with E-state index in [1.807, 2.05) is 23.1 Å². The molecule has 158 valence electrons. The molecule has 30 heavy (non-hydrogen) atoms. The Morgan fingerprint density at radius 3 is 2.60 bits per heavy atom. The number of nitrogens with zero attached hydrogens (tertiary/aromatic N) is 3. The number of anilines is 1. The maximum atomic E-state index is 12.9. The zero-order valence-corrected chi connectivity index (χ0v) is 17.9. The average Bonchev–Trinajstić information content (AvgIpc) is 3.16. The third-order valence-corrected chi connectivity index (χ3v) is 6.02. The fourth-order valence-corrected chi connectivity index (χ4v) is 4.29. The number of likely N-dealkylation sites (tertiary alicyclic amines) is 1. The van der Waals surface area contributed by atoms with Crippen molar-refractivity contribution in [2.75, 3.05) is 32.9 Å². The van der Waals surface area contributed by atoms with Crippen molar-refractivity contribution in [1.82, 2.24) is 14.8 Å². The number of benzene rings is 1. The predicted octanol–water partition coefficient (Wildman–Crippen LogP) is 2.73. The lowest BCUT2D eigenvalue weighted by molar-refractivity contribution is -0.139. The van der Waals surface area contributed by atoms with E-state index in [0.29, 0.717) is 30.1 Å². The summed E-state index contributed by atoms with van der Waals surface area (Å²) in [7, 11) is 3.37. The summed E-state index contributed by atoms with van der Waals surface area (Å²) in [4.78, 5) is 32.9. The van der Waals surface area contributed by atoms with Crippen LogP contribution >= 0.6 is 11.6 Å². The quantitative estimate of drug-likeness (QED) is 0.811. The van der Waals surface area contributed by atoms with E-state index in [-0.39, 0.29) is 23.6 Å². The van der Waals surface area contributed by atoms with Gasteiger partial charge in [0.15, 0.2) is 6.10 Å². The minimum atomic E-state index is -0.486. The van der Waals surface area contributed by atoms with Gasteiger partial charge in [-0.3, -0.25) is 9.59 Å². The molecule has 0 saturated carbocycles. The highest BCUT2D eigenvalue weighted by molar-refractivity contribution is 6.30. The van der Waals surface area contributed by atoms with Crippen molar-refractivity contribution < 1.29 is 14.3 Å². The van der Waals surface area contributed by atoms with E-state index in [1.165, 1.54) is 4.90 Å². The van der Waals surface area contributed by atoms with Crippen molar-refractivity contribution in [3.8, 4) is 5.75 Å². The first-order valence-electron chi connectivity index (χ1n) is 10.1. The van der Waals surface area contributed by atoms with E-state index in [0.717, 1.165) is 29.8 Å². The summed E-state index contributed by atoms with van der Waals surface area (Å²) in [5.41, 5.74) is 8.28. The molecular weight excluding hydrogens is 404 g/mol. The molecule has 2 aromatic rings. The van der Waals surface area contributed by atoms with Crippen LogP contribution in [-0.2, 0) is 11.2 Å². The largest absolute Gasteiger partial charge is 0.480 e. The summed E-state index contributed by atoms with van der Waals surface area (Å²) in [6, 6.07) is 9.06. The molecule has 1 unspecified atom stereocenters. The van der Waals surface area contributed by atoms with Crippen LogP contribution in [0.1, 0.15) is 40.4 Å². The van der Waals surface area contributed by atoms with Gasteiger partial charge in [-0.25, -0.2) is 4.98 Å². The number of hydrogen-bond acceptors (Lipinski definition) is 5. The first kappa shape index (κ1) is 20.5. The molecule has 1 fully saturated rings. The van der Waals surface area contributed by atoms with Crippen LogP contribution in [0.25, 0.3) is 0 Å². The van der Waals surface area contributed by atoms with E-state index < -0.39 is 6.10 Å². The molecule has 1 aromatic heterocycles. The Hall–Kier alpha value is -2.80. The molecule has 3 heterocycles. The van der Waals surface area contributed by atoms with Gasteiger partial charge in [0, 0.05) is 50.2 Å². The molecule has 2 aliphatic rings. The normalized spacial score (nSPS) is 18.6. The molecule has 0 radical (unpaired) electrons. The van der Waals surface area contributed by atoms with E-state index >= 15 is 0 Å². The van der Waals surface area contributed by atoms with Gasteiger partial charge in [-0.05, 0) is 48.7 Å². The van der Waals surface area contributed by atoms with Crippen LogP contribution in [0.2, 0.25) is 5.02 Å². The fourth-order valence-electron chi connectivity index (χ4n) is 4.09. The van der Waals surface area contributed by atoms with Crippen molar-refractivity contribution >= 4 is 29.2 Å². The second kappa shape index (κ2) is 8.14. The van der Waals surface area contributed by atoms with Gasteiger partial charge in [-0.15, -0.1) is 0 Å². The first-order chi connectivity index (χ1) is 14.3. The molecule has 0 spiro atoms. The van der Waals surface area contributed by atoms with Gasteiger partial charge in [-0.1, -0.05) is 11.6 Å². The van der Waals surface area contributed by atoms with E-state index in [1.54, 1.807) is 26.2 Å². The Labute approximate surface area is 180 Å². The van der Waals surface area contributed by atoms with Crippen LogP contribution in [0, 0.1) is 0 Å². The molecule has 1 aromatic carbocycles. The van der Waals surface area contributed by atoms with Crippen LogP contribution in [0.15, 0.2) is 30.3 Å². The zero-order valence-electron chi connectivity index (χ0n) is 17.1. The monoisotopic (exact) mass is 428 g/mol. The van der Waals surface area contributed by atoms with Crippen molar-refractivity contribution in [2.45, 2.75) is 31.3 Å². The zero-order chi connectivity index (χ0) is 21.4. The highest BCUT2D eigenvalue weighted by Crippen LogP contribution is 2.33. The lowest BCUT2D eigenvalue weighted by atomic mass is 9.92. The maximum Gasteiger partial charge on any atom is 0.263 e. The number of nitrogen functional groups attached to an aromatic ring is 1. The van der Waals surface area contributed by atoms with Crippen molar-refractivity contribution in [1.29, 1.82) is 0 Å². The Bertz CT molecular complexity index is 986. The third kappa shape index (κ3) is 3.94. The molecule has 2 aliphatic heterocycles. The first-order valence-corrected chi connectivity index (χ1v) is 10.4. The number of carbonyl (C=O) groups excluding carboxylic acids is 2. The third-order valence-electron chi connectivity index (χ3n) is 5.78. The number of piperidine rings is 1. The molecule has 0 bridgehead atoms. The van der Waals surface area contributed by atoms with Gasteiger partial charge in [0.05, 0.1) is 5.56 Å². The van der Waals surface area contributed by atoms with E-state index in [9.17, 15) is 9.59 Å². The van der Waals surface area contributed by atoms with Gasteiger partial charge in [-0.2, -0.15) is 0 Å². The summed E-state index contributed by atoms with van der Waals surface area (Å²) in [5.74, 6) is 1.05. The Balaban J connectivity index is 1.37. The Morgan fingerprint density at radius 1 is 1.20 bits per heavy atom. The number of rotatable bonds is 3. The standard InChI is InChI=1S/C22H25ClN4O3/c1-26(2)21(28)16-4-5-17(25-20(16)24)13-7-9-27(10-8-13)22(29)19-12-14-11-15(23)3-6-18(14)30-19/h3-6,11,13,19H,7-10,12H2,1-2H3,(H2,24,25). The van der Waals surface area contributed by atoms with E-state index in [2.05, 4.69) is 4.98 Å². The number of nitrogens with two attached hydrogens (primary N) is 1. The molecular formula is C22H25ClN4O3. The molecule has 1 atom stereocenters. The number of hydrogen-bond donors (Lipinski definition) is 1. The van der Waals surface area contributed by atoms with Crippen LogP contribution < -0.4 is 10.5 Å². The summed E-state index contributed by atoms with van der Waals surface area (Å²) < 4.78 is 5.84. The van der Waals surface area contributed by atoms with Gasteiger partial charge < -0.3 is 20.3 Å². The summed E-state index contributed by atoms with van der Waals surface area (Å²) in [6.45, 7) is 1.28. The maximum absolute atomic E-state index is 12.9. The van der Waals surface area contributed by atoms with Crippen LogP contribution in [0.5, 0.6) is 5.75 Å². The lowest BCUT2D eigenvalue weighted by Crippen LogP contribution is -2.45. The number of fused-ring (bicyclic) bond motifs is 1. The second-order valence-electron chi connectivity index (χ2n) is 8.03. The van der Waals surface area contributed by atoms with Gasteiger partial charge in [0.2, 0.25) is 0 Å². The number of halogens is 1. The smallest absolute Gasteiger partial charge is 0.263 e. The minimum Gasteiger partial charge on any atom is -0.480 e.